The van der Waals surface area contributed by atoms with E-state index in [9.17, 15) is 5.11 Å². The molecule has 3 heteroatoms. The number of aryl methyl sites for hydroxylation is 1. The summed E-state index contributed by atoms with van der Waals surface area (Å²) in [6, 6.07) is 1.91. The lowest BCUT2D eigenvalue weighted by Gasteiger charge is -2.25. The van der Waals surface area contributed by atoms with E-state index in [1.807, 2.05) is 13.0 Å². The second-order valence-corrected chi connectivity index (χ2v) is 4.60. The van der Waals surface area contributed by atoms with Crippen LogP contribution in [-0.2, 0) is 6.42 Å². The zero-order valence-electron chi connectivity index (χ0n) is 9.28. The van der Waals surface area contributed by atoms with E-state index in [1.54, 1.807) is 0 Å². The summed E-state index contributed by atoms with van der Waals surface area (Å²) < 4.78 is 5.12. The van der Waals surface area contributed by atoms with E-state index < -0.39 is 0 Å². The van der Waals surface area contributed by atoms with Crippen molar-refractivity contribution in [2.24, 2.45) is 5.92 Å². The summed E-state index contributed by atoms with van der Waals surface area (Å²) in [6.45, 7) is 1.90. The summed E-state index contributed by atoms with van der Waals surface area (Å²) in [4.78, 5) is 0. The maximum absolute atomic E-state index is 10.0. The molecule has 15 heavy (non-hydrogen) atoms. The van der Waals surface area contributed by atoms with E-state index in [0.717, 1.165) is 24.3 Å². The van der Waals surface area contributed by atoms with Crippen molar-refractivity contribution in [2.75, 3.05) is 0 Å². The van der Waals surface area contributed by atoms with Gasteiger partial charge < -0.3 is 9.63 Å². The normalized spacial score (nSPS) is 20.4. The van der Waals surface area contributed by atoms with Crippen LogP contribution in [0.3, 0.4) is 0 Å². The fourth-order valence-corrected chi connectivity index (χ4v) is 2.40. The molecule has 1 aliphatic carbocycles. The molecular weight excluding hydrogens is 190 g/mol. The first kappa shape index (κ1) is 10.7. The van der Waals surface area contributed by atoms with Gasteiger partial charge in [-0.15, -0.1) is 0 Å². The van der Waals surface area contributed by atoms with Gasteiger partial charge in [-0.05, 0) is 25.7 Å². The van der Waals surface area contributed by atoms with Crippen LogP contribution in [0.15, 0.2) is 10.6 Å². The molecule has 84 valence electrons. The number of aliphatic hydroxyl groups excluding tert-OH is 1. The second-order valence-electron chi connectivity index (χ2n) is 4.60. The zero-order valence-corrected chi connectivity index (χ0v) is 9.28. The number of rotatable bonds is 3. The highest BCUT2D eigenvalue weighted by molar-refractivity contribution is 5.04. The molecular formula is C12H19NO2. The van der Waals surface area contributed by atoms with Gasteiger partial charge in [0.1, 0.15) is 5.76 Å². The highest BCUT2D eigenvalue weighted by Crippen LogP contribution is 2.27. The first-order chi connectivity index (χ1) is 7.25. The molecule has 1 aliphatic rings. The minimum absolute atomic E-state index is 0.252. The van der Waals surface area contributed by atoms with Gasteiger partial charge in [-0.25, -0.2) is 0 Å². The van der Waals surface area contributed by atoms with Crippen LogP contribution in [0.2, 0.25) is 0 Å². The van der Waals surface area contributed by atoms with Crippen molar-refractivity contribution in [3.8, 4) is 0 Å². The van der Waals surface area contributed by atoms with Gasteiger partial charge in [0, 0.05) is 12.5 Å². The van der Waals surface area contributed by atoms with Crippen molar-refractivity contribution in [3.63, 3.8) is 0 Å². The van der Waals surface area contributed by atoms with E-state index in [0.29, 0.717) is 12.3 Å². The van der Waals surface area contributed by atoms with E-state index in [4.69, 9.17) is 4.52 Å². The second kappa shape index (κ2) is 4.79. The van der Waals surface area contributed by atoms with Crippen LogP contribution in [0.5, 0.6) is 0 Å². The molecule has 1 unspecified atom stereocenters. The Morgan fingerprint density at radius 3 is 2.80 bits per heavy atom. The Morgan fingerprint density at radius 1 is 1.47 bits per heavy atom. The standard InChI is InChI=1S/C12H19NO2/c1-9-7-11(15-13-9)8-12(14)10-5-3-2-4-6-10/h7,10,12,14H,2-6,8H2,1H3. The Bertz CT molecular complexity index is 302. The van der Waals surface area contributed by atoms with E-state index in [-0.39, 0.29) is 6.10 Å². The van der Waals surface area contributed by atoms with Gasteiger partial charge in [-0.3, -0.25) is 0 Å². The Kier molecular flexibility index (Phi) is 3.41. The molecule has 1 N–H and O–H groups in total. The van der Waals surface area contributed by atoms with Gasteiger partial charge in [-0.1, -0.05) is 24.4 Å². The average molecular weight is 209 g/mol. The lowest BCUT2D eigenvalue weighted by Crippen LogP contribution is -2.24. The predicted octanol–water partition coefficient (Wildman–Crippen LogP) is 2.47. The number of nitrogens with zero attached hydrogens (tertiary/aromatic N) is 1. The number of hydrogen-bond acceptors (Lipinski definition) is 3. The van der Waals surface area contributed by atoms with E-state index >= 15 is 0 Å². The summed E-state index contributed by atoms with van der Waals surface area (Å²) in [7, 11) is 0. The van der Waals surface area contributed by atoms with Crippen molar-refractivity contribution < 1.29 is 9.63 Å². The molecule has 0 amide bonds. The third-order valence-corrected chi connectivity index (χ3v) is 3.28. The number of aromatic nitrogens is 1. The summed E-state index contributed by atoms with van der Waals surface area (Å²) >= 11 is 0. The van der Waals surface area contributed by atoms with E-state index in [2.05, 4.69) is 5.16 Å². The highest BCUT2D eigenvalue weighted by atomic mass is 16.5. The maximum Gasteiger partial charge on any atom is 0.139 e. The lowest BCUT2D eigenvalue weighted by atomic mass is 9.84. The molecule has 0 spiro atoms. The first-order valence-corrected chi connectivity index (χ1v) is 5.86. The smallest absolute Gasteiger partial charge is 0.139 e. The third kappa shape index (κ3) is 2.81. The molecule has 2 rings (SSSR count). The third-order valence-electron chi connectivity index (χ3n) is 3.28. The topological polar surface area (TPSA) is 46.3 Å². The molecule has 0 bridgehead atoms. The zero-order chi connectivity index (χ0) is 10.7. The largest absolute Gasteiger partial charge is 0.392 e. The van der Waals surface area contributed by atoms with Gasteiger partial charge in [0.2, 0.25) is 0 Å². The number of hydrogen-bond donors (Lipinski definition) is 1. The molecule has 1 aromatic rings. The SMILES string of the molecule is Cc1cc(CC(O)C2CCCCC2)on1. The average Bonchev–Trinajstić information content (AvgIpc) is 2.65. The Morgan fingerprint density at radius 2 is 2.20 bits per heavy atom. The van der Waals surface area contributed by atoms with Crippen LogP contribution in [0.4, 0.5) is 0 Å². The van der Waals surface area contributed by atoms with Crippen LogP contribution in [0, 0.1) is 12.8 Å². The van der Waals surface area contributed by atoms with Crippen LogP contribution in [0.25, 0.3) is 0 Å². The van der Waals surface area contributed by atoms with Crippen LogP contribution < -0.4 is 0 Å². The van der Waals surface area contributed by atoms with Gasteiger partial charge in [0.25, 0.3) is 0 Å². The molecule has 0 aromatic carbocycles. The molecule has 0 aliphatic heterocycles. The summed E-state index contributed by atoms with van der Waals surface area (Å²) in [5.74, 6) is 1.27. The van der Waals surface area contributed by atoms with Crippen LogP contribution >= 0.6 is 0 Å². The molecule has 1 fully saturated rings. The van der Waals surface area contributed by atoms with Gasteiger partial charge in [-0.2, -0.15) is 0 Å². The lowest BCUT2D eigenvalue weighted by molar-refractivity contribution is 0.0789. The Labute approximate surface area is 90.5 Å². The van der Waals surface area contributed by atoms with Crippen molar-refractivity contribution in [3.05, 3.63) is 17.5 Å². The van der Waals surface area contributed by atoms with Gasteiger partial charge in [0.05, 0.1) is 11.8 Å². The predicted molar refractivity (Wildman–Crippen MR) is 57.5 cm³/mol. The van der Waals surface area contributed by atoms with Gasteiger partial charge in [0.15, 0.2) is 0 Å². The van der Waals surface area contributed by atoms with Crippen molar-refractivity contribution in [1.29, 1.82) is 0 Å². The van der Waals surface area contributed by atoms with Crippen LogP contribution in [-0.4, -0.2) is 16.4 Å². The van der Waals surface area contributed by atoms with Gasteiger partial charge >= 0.3 is 0 Å². The molecule has 1 atom stereocenters. The number of aliphatic hydroxyl groups is 1. The maximum atomic E-state index is 10.0. The quantitative estimate of drug-likeness (QED) is 0.831. The fraction of sp³-hybridized carbons (Fsp3) is 0.750. The van der Waals surface area contributed by atoms with Crippen molar-refractivity contribution in [1.82, 2.24) is 5.16 Å². The fourth-order valence-electron chi connectivity index (χ4n) is 2.40. The molecule has 1 saturated carbocycles. The summed E-state index contributed by atoms with van der Waals surface area (Å²) in [5, 5.41) is 13.9. The monoisotopic (exact) mass is 209 g/mol. The molecule has 1 aromatic heterocycles. The molecule has 3 nitrogen and oxygen atoms in total. The summed E-state index contributed by atoms with van der Waals surface area (Å²) in [5.41, 5.74) is 0.890. The van der Waals surface area contributed by atoms with Crippen molar-refractivity contribution >= 4 is 0 Å². The van der Waals surface area contributed by atoms with Crippen molar-refractivity contribution in [2.45, 2.75) is 51.6 Å². The Hall–Kier alpha value is -0.830. The molecule has 0 saturated heterocycles. The highest BCUT2D eigenvalue weighted by Gasteiger charge is 2.22. The molecule has 0 radical (unpaired) electrons. The first-order valence-electron chi connectivity index (χ1n) is 5.86. The van der Waals surface area contributed by atoms with Crippen LogP contribution in [0.1, 0.15) is 43.6 Å². The minimum Gasteiger partial charge on any atom is -0.392 e. The van der Waals surface area contributed by atoms with E-state index in [1.165, 1.54) is 19.3 Å². The molecule has 1 heterocycles. The summed E-state index contributed by atoms with van der Waals surface area (Å²) in [6.07, 6.45) is 6.53. The minimum atomic E-state index is -0.252. The Balaban J connectivity index is 1.88.